The molecule has 1 fully saturated rings. The summed E-state index contributed by atoms with van der Waals surface area (Å²) in [5, 5.41) is 9.19. The van der Waals surface area contributed by atoms with Gasteiger partial charge in [-0.2, -0.15) is 0 Å². The molecule has 0 radical (unpaired) electrons. The summed E-state index contributed by atoms with van der Waals surface area (Å²) < 4.78 is 17.8. The number of likely N-dealkylation sites (N-methyl/N-ethyl adjacent to an activating group) is 1. The molecule has 0 saturated carbocycles. The van der Waals surface area contributed by atoms with Gasteiger partial charge in [-0.25, -0.2) is 9.18 Å². The van der Waals surface area contributed by atoms with Crippen LogP contribution in [0.5, 0.6) is 0 Å². The van der Waals surface area contributed by atoms with Crippen molar-refractivity contribution < 1.29 is 19.0 Å². The molecular formula is C11H12FNO3. The normalized spacial score (nSPS) is 24.7. The molecule has 1 N–H and O–H groups in total. The van der Waals surface area contributed by atoms with E-state index in [0.29, 0.717) is 5.56 Å². The number of halogens is 1. The van der Waals surface area contributed by atoms with Crippen molar-refractivity contribution in [2.24, 2.45) is 0 Å². The number of carbonyl (C=O) groups is 1. The Bertz CT molecular complexity index is 393. The summed E-state index contributed by atoms with van der Waals surface area (Å²) in [5.41, 5.74) is 0.679. The van der Waals surface area contributed by atoms with Crippen molar-refractivity contribution in [3.8, 4) is 0 Å². The first-order valence-corrected chi connectivity index (χ1v) is 4.93. The van der Waals surface area contributed by atoms with E-state index in [1.165, 1.54) is 17.0 Å². The topological polar surface area (TPSA) is 49.8 Å². The summed E-state index contributed by atoms with van der Waals surface area (Å²) in [6.45, 7) is -0.190. The number of ether oxygens (including phenoxy) is 1. The maximum atomic E-state index is 12.7. The van der Waals surface area contributed by atoms with Crippen molar-refractivity contribution >= 4 is 6.09 Å². The minimum absolute atomic E-state index is 0.190. The van der Waals surface area contributed by atoms with Gasteiger partial charge >= 0.3 is 6.09 Å². The van der Waals surface area contributed by atoms with Gasteiger partial charge in [-0.05, 0) is 17.7 Å². The number of amides is 1. The zero-order valence-corrected chi connectivity index (χ0v) is 8.76. The lowest BCUT2D eigenvalue weighted by molar-refractivity contribution is 0.118. The van der Waals surface area contributed by atoms with Gasteiger partial charge in [0, 0.05) is 7.05 Å². The highest BCUT2D eigenvalue weighted by atomic mass is 19.1. The Labute approximate surface area is 92.2 Å². The molecule has 86 valence electrons. The summed E-state index contributed by atoms with van der Waals surface area (Å²) >= 11 is 0. The number of hydrogen-bond donors (Lipinski definition) is 1. The number of hydrogen-bond acceptors (Lipinski definition) is 3. The summed E-state index contributed by atoms with van der Waals surface area (Å²) in [6, 6.07) is 5.29. The van der Waals surface area contributed by atoms with Crippen molar-refractivity contribution in [2.75, 3.05) is 13.7 Å². The highest BCUT2D eigenvalue weighted by Gasteiger charge is 2.39. The van der Waals surface area contributed by atoms with Crippen molar-refractivity contribution in [3.05, 3.63) is 35.6 Å². The zero-order chi connectivity index (χ0) is 11.7. The molecule has 2 rings (SSSR count). The number of rotatable bonds is 2. The van der Waals surface area contributed by atoms with Crippen molar-refractivity contribution in [1.29, 1.82) is 0 Å². The lowest BCUT2D eigenvalue weighted by Crippen LogP contribution is -2.33. The molecule has 1 heterocycles. The van der Waals surface area contributed by atoms with E-state index in [2.05, 4.69) is 0 Å². The molecule has 0 bridgehead atoms. The van der Waals surface area contributed by atoms with Crippen molar-refractivity contribution in [3.63, 3.8) is 0 Å². The number of carbonyl (C=O) groups excluding carboxylic acids is 1. The van der Waals surface area contributed by atoms with Crippen LogP contribution in [0.15, 0.2) is 24.3 Å². The number of benzene rings is 1. The Kier molecular flexibility index (Phi) is 2.78. The molecule has 1 aromatic carbocycles. The van der Waals surface area contributed by atoms with E-state index in [-0.39, 0.29) is 12.4 Å². The average Bonchev–Trinajstić information content (AvgIpc) is 2.56. The van der Waals surface area contributed by atoms with Gasteiger partial charge in [0.05, 0.1) is 12.6 Å². The highest BCUT2D eigenvalue weighted by Crippen LogP contribution is 2.31. The fourth-order valence-electron chi connectivity index (χ4n) is 1.77. The SMILES string of the molecule is CN1C(=O)OC(c2ccc(F)cc2)C1CO. The minimum Gasteiger partial charge on any atom is -0.439 e. The lowest BCUT2D eigenvalue weighted by Gasteiger charge is -2.18. The van der Waals surface area contributed by atoms with E-state index < -0.39 is 18.2 Å². The Hall–Kier alpha value is -1.62. The third-order valence-corrected chi connectivity index (χ3v) is 2.75. The second-order valence-electron chi connectivity index (χ2n) is 3.72. The number of nitrogens with zero attached hydrogens (tertiary/aromatic N) is 1. The average molecular weight is 225 g/mol. The molecule has 2 atom stereocenters. The van der Waals surface area contributed by atoms with Crippen LogP contribution >= 0.6 is 0 Å². The minimum atomic E-state index is -0.539. The van der Waals surface area contributed by atoms with Crippen LogP contribution in [-0.4, -0.2) is 35.8 Å². The molecule has 16 heavy (non-hydrogen) atoms. The van der Waals surface area contributed by atoms with Gasteiger partial charge in [-0.3, -0.25) is 0 Å². The van der Waals surface area contributed by atoms with E-state index in [1.807, 2.05) is 0 Å². The van der Waals surface area contributed by atoms with Gasteiger partial charge in [-0.15, -0.1) is 0 Å². The predicted octanol–water partition coefficient (Wildman–Crippen LogP) is 1.31. The van der Waals surface area contributed by atoms with Crippen LogP contribution in [0, 0.1) is 5.82 Å². The highest BCUT2D eigenvalue weighted by molar-refractivity contribution is 5.70. The van der Waals surface area contributed by atoms with Crippen LogP contribution < -0.4 is 0 Å². The van der Waals surface area contributed by atoms with Gasteiger partial charge in [-0.1, -0.05) is 12.1 Å². The molecule has 1 amide bonds. The maximum Gasteiger partial charge on any atom is 0.410 e. The Morgan fingerprint density at radius 1 is 1.44 bits per heavy atom. The quantitative estimate of drug-likeness (QED) is 0.825. The molecular weight excluding hydrogens is 213 g/mol. The molecule has 1 aliphatic heterocycles. The number of cyclic esters (lactones) is 1. The lowest BCUT2D eigenvalue weighted by atomic mass is 10.0. The fraction of sp³-hybridized carbons (Fsp3) is 0.364. The molecule has 2 unspecified atom stereocenters. The first-order chi connectivity index (χ1) is 7.63. The van der Waals surface area contributed by atoms with Crippen LogP contribution in [0.4, 0.5) is 9.18 Å². The summed E-state index contributed by atoms with van der Waals surface area (Å²) in [4.78, 5) is 12.7. The third kappa shape index (κ3) is 1.74. The Morgan fingerprint density at radius 2 is 2.06 bits per heavy atom. The van der Waals surface area contributed by atoms with E-state index in [1.54, 1.807) is 19.2 Å². The van der Waals surface area contributed by atoms with Crippen molar-refractivity contribution in [1.82, 2.24) is 4.90 Å². The van der Waals surface area contributed by atoms with Crippen LogP contribution in [0.2, 0.25) is 0 Å². The summed E-state index contributed by atoms with van der Waals surface area (Å²) in [6.07, 6.45) is -1.02. The molecule has 1 aliphatic rings. The van der Waals surface area contributed by atoms with Crippen molar-refractivity contribution in [2.45, 2.75) is 12.1 Å². The maximum absolute atomic E-state index is 12.7. The molecule has 5 heteroatoms. The summed E-state index contributed by atoms with van der Waals surface area (Å²) in [7, 11) is 1.56. The van der Waals surface area contributed by atoms with Crippen LogP contribution in [-0.2, 0) is 4.74 Å². The molecule has 4 nitrogen and oxygen atoms in total. The fourth-order valence-corrected chi connectivity index (χ4v) is 1.77. The van der Waals surface area contributed by atoms with Gasteiger partial charge in [0.25, 0.3) is 0 Å². The van der Waals surface area contributed by atoms with Gasteiger partial charge in [0.1, 0.15) is 5.82 Å². The van der Waals surface area contributed by atoms with E-state index in [9.17, 15) is 14.3 Å². The Balaban J connectivity index is 2.27. The van der Waals surface area contributed by atoms with Gasteiger partial charge in [0.2, 0.25) is 0 Å². The molecule has 0 aliphatic carbocycles. The van der Waals surface area contributed by atoms with Gasteiger partial charge < -0.3 is 14.7 Å². The molecule has 0 spiro atoms. The largest absolute Gasteiger partial charge is 0.439 e. The molecule has 0 aromatic heterocycles. The smallest absolute Gasteiger partial charge is 0.410 e. The number of aliphatic hydroxyl groups excluding tert-OH is 1. The van der Waals surface area contributed by atoms with Crippen LogP contribution in [0.1, 0.15) is 11.7 Å². The molecule has 1 saturated heterocycles. The molecule has 1 aromatic rings. The van der Waals surface area contributed by atoms with E-state index in [4.69, 9.17) is 4.74 Å². The first-order valence-electron chi connectivity index (χ1n) is 4.93. The number of aliphatic hydroxyl groups is 1. The Morgan fingerprint density at radius 3 is 2.62 bits per heavy atom. The summed E-state index contributed by atoms with van der Waals surface area (Å²) in [5.74, 6) is -0.345. The second-order valence-corrected chi connectivity index (χ2v) is 3.72. The van der Waals surface area contributed by atoms with E-state index >= 15 is 0 Å². The predicted molar refractivity (Wildman–Crippen MR) is 54.3 cm³/mol. The van der Waals surface area contributed by atoms with Crippen LogP contribution in [0.3, 0.4) is 0 Å². The first kappa shape index (κ1) is 10.9. The third-order valence-electron chi connectivity index (χ3n) is 2.75. The second kappa shape index (κ2) is 4.09. The van der Waals surface area contributed by atoms with Gasteiger partial charge in [0.15, 0.2) is 6.10 Å². The monoisotopic (exact) mass is 225 g/mol. The van der Waals surface area contributed by atoms with Crippen LogP contribution in [0.25, 0.3) is 0 Å². The zero-order valence-electron chi connectivity index (χ0n) is 8.76. The standard InChI is InChI=1S/C11H12FNO3/c1-13-9(6-14)10(16-11(13)15)7-2-4-8(12)5-3-7/h2-5,9-10,14H,6H2,1H3. The van der Waals surface area contributed by atoms with E-state index in [0.717, 1.165) is 0 Å².